The topological polar surface area (TPSA) is 12.0 Å². The molecule has 0 radical (unpaired) electrons. The van der Waals surface area contributed by atoms with Crippen LogP contribution in [0, 0.1) is 6.92 Å². The normalized spacial score (nSPS) is 10.7. The molecule has 0 unspecified atom stereocenters. The molecule has 0 aliphatic carbocycles. The van der Waals surface area contributed by atoms with Gasteiger partial charge in [0.1, 0.15) is 0 Å². The van der Waals surface area contributed by atoms with Crippen molar-refractivity contribution >= 4 is 11.3 Å². The van der Waals surface area contributed by atoms with E-state index in [1.165, 1.54) is 26.4 Å². The fourth-order valence-electron chi connectivity index (χ4n) is 2.27. The van der Waals surface area contributed by atoms with Crippen LogP contribution in [0.3, 0.4) is 0 Å². The molecule has 3 rings (SSSR count). The van der Waals surface area contributed by atoms with Crippen molar-refractivity contribution in [2.75, 3.05) is 0 Å². The first-order valence-electron chi connectivity index (χ1n) is 7.22. The second-order valence-corrected chi connectivity index (χ2v) is 6.39. The first kappa shape index (κ1) is 14.1. The predicted molar refractivity (Wildman–Crippen MR) is 91.5 cm³/mol. The number of hydrogen-bond donors (Lipinski definition) is 1. The highest BCUT2D eigenvalue weighted by atomic mass is 32.1. The summed E-state index contributed by atoms with van der Waals surface area (Å²) < 4.78 is 0. The Hall–Kier alpha value is -1.90. The van der Waals surface area contributed by atoms with Gasteiger partial charge in [0.15, 0.2) is 0 Å². The molecular formula is C19H19NS. The van der Waals surface area contributed by atoms with E-state index in [1.54, 1.807) is 0 Å². The summed E-state index contributed by atoms with van der Waals surface area (Å²) in [4.78, 5) is 2.71. The van der Waals surface area contributed by atoms with Crippen LogP contribution in [0.15, 0.2) is 66.7 Å². The second-order valence-electron chi connectivity index (χ2n) is 5.22. The van der Waals surface area contributed by atoms with Crippen molar-refractivity contribution in [3.63, 3.8) is 0 Å². The monoisotopic (exact) mass is 293 g/mol. The molecule has 1 nitrogen and oxygen atoms in total. The van der Waals surface area contributed by atoms with Crippen LogP contribution in [0.25, 0.3) is 10.4 Å². The zero-order valence-corrected chi connectivity index (χ0v) is 13.0. The fourth-order valence-corrected chi connectivity index (χ4v) is 3.25. The minimum Gasteiger partial charge on any atom is -0.308 e. The summed E-state index contributed by atoms with van der Waals surface area (Å²) in [5, 5.41) is 3.51. The number of aryl methyl sites for hydroxylation is 1. The summed E-state index contributed by atoms with van der Waals surface area (Å²) in [7, 11) is 0. The van der Waals surface area contributed by atoms with Crippen LogP contribution in [0.5, 0.6) is 0 Å². The van der Waals surface area contributed by atoms with Gasteiger partial charge in [0.25, 0.3) is 0 Å². The van der Waals surface area contributed by atoms with Gasteiger partial charge in [-0.3, -0.25) is 0 Å². The maximum atomic E-state index is 3.51. The van der Waals surface area contributed by atoms with Crippen LogP contribution >= 0.6 is 11.3 Å². The quantitative estimate of drug-likeness (QED) is 0.697. The molecule has 1 heterocycles. The number of thiophene rings is 1. The van der Waals surface area contributed by atoms with Gasteiger partial charge in [0.05, 0.1) is 0 Å². The van der Waals surface area contributed by atoms with Crippen molar-refractivity contribution in [1.82, 2.24) is 5.32 Å². The highest BCUT2D eigenvalue weighted by Crippen LogP contribution is 2.27. The molecule has 3 aromatic rings. The van der Waals surface area contributed by atoms with Crippen LogP contribution in [-0.4, -0.2) is 0 Å². The molecule has 0 aliphatic rings. The van der Waals surface area contributed by atoms with E-state index >= 15 is 0 Å². The lowest BCUT2D eigenvalue weighted by Gasteiger charge is -2.04. The van der Waals surface area contributed by atoms with E-state index in [4.69, 9.17) is 0 Å². The molecule has 0 bridgehead atoms. The standard InChI is InChI=1S/C19H19NS/c1-15-7-9-16(10-8-15)13-20-14-18-11-12-19(21-18)17-5-3-2-4-6-17/h2-12,20H,13-14H2,1H3. The molecule has 106 valence electrons. The van der Waals surface area contributed by atoms with Crippen molar-refractivity contribution in [2.24, 2.45) is 0 Å². The van der Waals surface area contributed by atoms with Gasteiger partial charge >= 0.3 is 0 Å². The Morgan fingerprint density at radius 2 is 1.57 bits per heavy atom. The number of hydrogen-bond acceptors (Lipinski definition) is 2. The van der Waals surface area contributed by atoms with Crippen LogP contribution in [0.1, 0.15) is 16.0 Å². The zero-order valence-electron chi connectivity index (χ0n) is 12.2. The molecule has 0 atom stereocenters. The minimum absolute atomic E-state index is 0.916. The van der Waals surface area contributed by atoms with Crippen molar-refractivity contribution in [3.05, 3.63) is 82.7 Å². The largest absolute Gasteiger partial charge is 0.308 e. The number of rotatable bonds is 5. The zero-order chi connectivity index (χ0) is 14.5. The van der Waals surface area contributed by atoms with Crippen LogP contribution < -0.4 is 5.32 Å². The van der Waals surface area contributed by atoms with E-state index in [0.29, 0.717) is 0 Å². The Balaban J connectivity index is 1.57. The Morgan fingerprint density at radius 3 is 2.33 bits per heavy atom. The van der Waals surface area contributed by atoms with E-state index in [9.17, 15) is 0 Å². The van der Waals surface area contributed by atoms with Crippen LogP contribution in [0.4, 0.5) is 0 Å². The molecule has 2 aromatic carbocycles. The fraction of sp³-hybridized carbons (Fsp3) is 0.158. The molecule has 1 N–H and O–H groups in total. The van der Waals surface area contributed by atoms with Gasteiger partial charge in [-0.25, -0.2) is 0 Å². The molecule has 0 saturated carbocycles. The number of nitrogens with one attached hydrogen (secondary N) is 1. The average molecular weight is 293 g/mol. The molecular weight excluding hydrogens is 274 g/mol. The van der Waals surface area contributed by atoms with Gasteiger partial charge < -0.3 is 5.32 Å². The smallest absolute Gasteiger partial charge is 0.0346 e. The average Bonchev–Trinajstić information content (AvgIpc) is 2.99. The first-order valence-corrected chi connectivity index (χ1v) is 8.03. The molecule has 2 heteroatoms. The SMILES string of the molecule is Cc1ccc(CNCc2ccc(-c3ccccc3)s2)cc1. The van der Waals surface area contributed by atoms with E-state index < -0.39 is 0 Å². The molecule has 0 spiro atoms. The van der Waals surface area contributed by atoms with Crippen molar-refractivity contribution < 1.29 is 0 Å². The van der Waals surface area contributed by atoms with Gasteiger partial charge in [-0.2, -0.15) is 0 Å². The van der Waals surface area contributed by atoms with Crippen molar-refractivity contribution in [2.45, 2.75) is 20.0 Å². The number of benzene rings is 2. The molecule has 0 saturated heterocycles. The Kier molecular flexibility index (Phi) is 4.49. The lowest BCUT2D eigenvalue weighted by atomic mass is 10.1. The van der Waals surface area contributed by atoms with E-state index in [0.717, 1.165) is 13.1 Å². The third kappa shape index (κ3) is 3.81. The summed E-state index contributed by atoms with van der Waals surface area (Å²) in [6.45, 7) is 3.96. The summed E-state index contributed by atoms with van der Waals surface area (Å²) in [5.74, 6) is 0. The summed E-state index contributed by atoms with van der Waals surface area (Å²) in [6.07, 6.45) is 0. The molecule has 21 heavy (non-hydrogen) atoms. The lowest BCUT2D eigenvalue weighted by Crippen LogP contribution is -2.11. The van der Waals surface area contributed by atoms with Gasteiger partial charge in [0, 0.05) is 22.8 Å². The minimum atomic E-state index is 0.916. The Bertz CT molecular complexity index is 683. The molecule has 0 fully saturated rings. The third-order valence-electron chi connectivity index (χ3n) is 3.47. The van der Waals surface area contributed by atoms with Crippen LogP contribution in [0.2, 0.25) is 0 Å². The highest BCUT2D eigenvalue weighted by molar-refractivity contribution is 7.15. The van der Waals surface area contributed by atoms with Crippen molar-refractivity contribution in [3.8, 4) is 10.4 Å². The summed E-state index contributed by atoms with van der Waals surface area (Å²) >= 11 is 1.86. The van der Waals surface area contributed by atoms with E-state index in [-0.39, 0.29) is 0 Å². The summed E-state index contributed by atoms with van der Waals surface area (Å²) in [6, 6.07) is 23.7. The first-order chi connectivity index (χ1) is 10.3. The molecule has 0 amide bonds. The van der Waals surface area contributed by atoms with Crippen LogP contribution in [-0.2, 0) is 13.1 Å². The van der Waals surface area contributed by atoms with Crippen molar-refractivity contribution in [1.29, 1.82) is 0 Å². The predicted octanol–water partition coefficient (Wildman–Crippen LogP) is 5.01. The molecule has 1 aromatic heterocycles. The molecule has 0 aliphatic heterocycles. The van der Waals surface area contributed by atoms with Gasteiger partial charge in [-0.15, -0.1) is 11.3 Å². The summed E-state index contributed by atoms with van der Waals surface area (Å²) in [5.41, 5.74) is 3.94. The van der Waals surface area contributed by atoms with Gasteiger partial charge in [-0.1, -0.05) is 60.2 Å². The van der Waals surface area contributed by atoms with E-state index in [2.05, 4.69) is 79.0 Å². The maximum Gasteiger partial charge on any atom is 0.0346 e. The van der Waals surface area contributed by atoms with Gasteiger partial charge in [-0.05, 0) is 30.2 Å². The second kappa shape index (κ2) is 6.70. The maximum absolute atomic E-state index is 3.51. The van der Waals surface area contributed by atoms with E-state index in [1.807, 2.05) is 11.3 Å². The Labute approximate surface area is 130 Å². The highest BCUT2D eigenvalue weighted by Gasteiger charge is 2.02. The third-order valence-corrected chi connectivity index (χ3v) is 4.60. The lowest BCUT2D eigenvalue weighted by molar-refractivity contribution is 0.701. The Morgan fingerprint density at radius 1 is 0.810 bits per heavy atom. The van der Waals surface area contributed by atoms with Gasteiger partial charge in [0.2, 0.25) is 0 Å².